The molecule has 2 nitrogen and oxygen atoms in total. The first-order valence-corrected chi connectivity index (χ1v) is 21.1. The molecule has 7 aromatic carbocycles. The molecule has 438 valence electrons. The second-order valence-corrected chi connectivity index (χ2v) is 17.1. The van der Waals surface area contributed by atoms with E-state index in [1.807, 2.05) is 0 Å². The summed E-state index contributed by atoms with van der Waals surface area (Å²) in [4.78, 5) is 0. The Bertz CT molecular complexity index is 3410. The normalized spacial score (nSPS) is 12.4. The molecule has 8 rings (SSSR count). The largest absolute Gasteiger partial charge is 0.418 e. The van der Waals surface area contributed by atoms with E-state index in [0.717, 1.165) is 0 Å². The van der Waals surface area contributed by atoms with E-state index in [1.54, 1.807) is 0 Å². The van der Waals surface area contributed by atoms with Gasteiger partial charge < -0.3 is 8.96 Å². The number of imidazole rings is 1. The first-order chi connectivity index (χ1) is 38.4. The van der Waals surface area contributed by atoms with Crippen LogP contribution in [-0.4, -0.2) is 17.0 Å². The summed E-state index contributed by atoms with van der Waals surface area (Å²) in [6.07, 6.45) is -23.7. The van der Waals surface area contributed by atoms with Crippen LogP contribution in [0.4, 0.5) is 145 Å². The van der Waals surface area contributed by atoms with Crippen molar-refractivity contribution in [2.45, 2.75) is 6.18 Å². The molecule has 0 amide bonds. The summed E-state index contributed by atoms with van der Waals surface area (Å²) in [5.74, 6) is -120. The van der Waals surface area contributed by atoms with Gasteiger partial charge in [-0.05, 0) is 24.3 Å². The first-order valence-electron chi connectivity index (χ1n) is 21.1. The molecule has 0 aliphatic carbocycles. The Morgan fingerprint density at radius 1 is 0.265 bits per heavy atom. The molecule has 0 fully saturated rings. The van der Waals surface area contributed by atoms with Crippen molar-refractivity contribution in [1.29, 1.82) is 0 Å². The quantitative estimate of drug-likeness (QED) is 0.0590. The molecule has 0 unspecified atom stereocenters. The van der Waals surface area contributed by atoms with E-state index in [4.69, 9.17) is 0 Å². The van der Waals surface area contributed by atoms with Gasteiger partial charge in [0, 0.05) is 0 Å². The third-order valence-electron chi connectivity index (χ3n) is 13.2. The number of benzene rings is 7. The van der Waals surface area contributed by atoms with Crippen LogP contribution in [0.25, 0.3) is 11.4 Å². The van der Waals surface area contributed by atoms with Gasteiger partial charge in [-0.1, -0.05) is 32.8 Å². The van der Waals surface area contributed by atoms with Crippen LogP contribution in [0.2, 0.25) is 0 Å². The fourth-order valence-electron chi connectivity index (χ4n) is 9.78. The summed E-state index contributed by atoms with van der Waals surface area (Å²) < 4.78 is 522. The molecule has 0 saturated heterocycles. The highest BCUT2D eigenvalue weighted by atomic mass is 19.4. The van der Waals surface area contributed by atoms with Crippen molar-refractivity contribution in [3.8, 4) is 11.4 Å². The lowest BCUT2D eigenvalue weighted by Gasteiger charge is -2.44. The van der Waals surface area contributed by atoms with Crippen molar-refractivity contribution in [3.05, 3.63) is 217 Å². The third-order valence-corrected chi connectivity index (χ3v) is 13.2. The van der Waals surface area contributed by atoms with E-state index in [-0.39, 0.29) is 0 Å². The predicted molar refractivity (Wildman–Crippen MR) is 213 cm³/mol. The minimum absolute atomic E-state index is 0.579. The van der Waals surface area contributed by atoms with Gasteiger partial charge in [0.1, 0.15) is 69.8 Å². The number of alkyl halides is 3. The van der Waals surface area contributed by atoms with E-state index >= 15 is 105 Å². The Balaban J connectivity index is 1.95. The fourth-order valence-corrected chi connectivity index (χ4v) is 9.78. The number of nitrogens with zero attached hydrogens (tertiary/aromatic N) is 2. The van der Waals surface area contributed by atoms with Crippen molar-refractivity contribution in [2.75, 3.05) is 0 Å². The third kappa shape index (κ3) is 8.03. The summed E-state index contributed by atoms with van der Waals surface area (Å²) in [5, 5.41) is 0. The van der Waals surface area contributed by atoms with Crippen LogP contribution in [0, 0.1) is 175 Å². The van der Waals surface area contributed by atoms with E-state index in [9.17, 15) is 39.5 Å². The van der Waals surface area contributed by atoms with Gasteiger partial charge >= 0.3 is 6.18 Å². The highest BCUT2D eigenvalue weighted by molar-refractivity contribution is 7.11. The zero-order valence-electron chi connectivity index (χ0n) is 38.0. The molecule has 0 aliphatic rings. The monoisotopic (exact) mass is 1240 g/mol. The smallest absolute Gasteiger partial charge is 0.416 e. The van der Waals surface area contributed by atoms with Gasteiger partial charge in [-0.3, -0.25) is 0 Å². The van der Waals surface area contributed by atoms with E-state index in [1.165, 1.54) is 0 Å². The van der Waals surface area contributed by atoms with Crippen molar-refractivity contribution in [2.24, 2.45) is 0 Å². The minimum atomic E-state index is -7.79. The Morgan fingerprint density at radius 2 is 0.458 bits per heavy atom. The molecular formula is C46H6B2F33N2-. The molecule has 0 atom stereocenters. The van der Waals surface area contributed by atoms with Gasteiger partial charge in [0.2, 0.25) is 0 Å². The van der Waals surface area contributed by atoms with Crippen molar-refractivity contribution >= 4 is 45.3 Å². The van der Waals surface area contributed by atoms with Crippen LogP contribution in [0.1, 0.15) is 5.56 Å². The average molecular weight is 1240 g/mol. The highest BCUT2D eigenvalue weighted by Crippen LogP contribution is 2.36. The van der Waals surface area contributed by atoms with E-state index < -0.39 is 289 Å². The Morgan fingerprint density at radius 3 is 0.663 bits per heavy atom. The number of rotatable bonds is 9. The second kappa shape index (κ2) is 20.2. The lowest BCUT2D eigenvalue weighted by Crippen LogP contribution is -2.89. The molecule has 0 bridgehead atoms. The highest BCUT2D eigenvalue weighted by Gasteiger charge is 2.59. The van der Waals surface area contributed by atoms with Crippen molar-refractivity contribution in [3.63, 3.8) is 0 Å². The van der Waals surface area contributed by atoms with Crippen molar-refractivity contribution < 1.29 is 149 Å². The summed E-state index contributed by atoms with van der Waals surface area (Å²) >= 11 is 0. The molecule has 83 heavy (non-hydrogen) atoms. The predicted octanol–water partition coefficient (Wildman–Crippen LogP) is 10.7. The molecule has 0 radical (unpaired) electrons. The number of hydrogen-bond acceptors (Lipinski definition) is 0. The second-order valence-electron chi connectivity index (χ2n) is 17.1. The molecule has 0 spiro atoms. The molecule has 37 heteroatoms. The van der Waals surface area contributed by atoms with Gasteiger partial charge in [0.05, 0.1) is 23.5 Å². The van der Waals surface area contributed by atoms with Gasteiger partial charge in [-0.2, -0.15) is 13.2 Å². The first kappa shape index (κ1) is 60.7. The van der Waals surface area contributed by atoms with Gasteiger partial charge in [0.25, 0.3) is 12.6 Å². The topological polar surface area (TPSA) is 8.81 Å². The Hall–Kier alpha value is -8.43. The van der Waals surface area contributed by atoms with Gasteiger partial charge in [0.15, 0.2) is 111 Å². The lowest BCUT2D eigenvalue weighted by molar-refractivity contribution is -0.526. The maximum atomic E-state index is 17.0. The van der Waals surface area contributed by atoms with Crippen LogP contribution in [-0.2, 0) is 6.18 Å². The molecule has 0 aliphatic heterocycles. The molecule has 1 heterocycles. The van der Waals surface area contributed by atoms with Crippen molar-refractivity contribution in [1.82, 2.24) is 4.48 Å². The SMILES string of the molecule is Fc1c(F)c(F)c([B-](c2c(F)c(F)c(F)c(F)c2F)(c2c(F)c(F)c(F)c(F)c2F)n2cc[n+]([B-](c3c(F)c(F)c(F)c(F)c3F)(c3c(F)c(F)c(F)c(F)c3F)c3c(F)c(F)c(F)c(F)c3F)c2-c2ccc(C(F)(F)F)cc2)c(F)c1F. The minimum Gasteiger partial charge on any atom is -0.418 e. The van der Waals surface area contributed by atoms with E-state index in [2.05, 4.69) is 0 Å². The summed E-state index contributed by atoms with van der Waals surface area (Å²) in [5.41, 5.74) is -27.9. The summed E-state index contributed by atoms with van der Waals surface area (Å²) in [7, 11) is 0. The Kier molecular flexibility index (Phi) is 14.7. The number of hydrogen-bond donors (Lipinski definition) is 0. The van der Waals surface area contributed by atoms with E-state index in [0.29, 0.717) is 0 Å². The molecule has 0 N–H and O–H groups in total. The maximum absolute atomic E-state index is 17.0. The molecule has 1 aromatic heterocycles. The summed E-state index contributed by atoms with van der Waals surface area (Å²) in [6, 6.07) is -2.33. The van der Waals surface area contributed by atoms with Crippen LogP contribution in [0.5, 0.6) is 0 Å². The van der Waals surface area contributed by atoms with Crippen LogP contribution >= 0.6 is 0 Å². The van der Waals surface area contributed by atoms with Crippen LogP contribution in [0.15, 0.2) is 36.7 Å². The zero-order valence-corrected chi connectivity index (χ0v) is 38.0. The molecule has 8 aromatic rings. The number of halogens is 33. The Labute approximate surface area is 433 Å². The molecule has 0 saturated carbocycles. The maximum Gasteiger partial charge on any atom is 0.416 e. The van der Waals surface area contributed by atoms with Gasteiger partial charge in [-0.15, -0.1) is 0 Å². The lowest BCUT2D eigenvalue weighted by atomic mass is 9.22. The molecular weight excluding hydrogens is 1230 g/mol. The number of aromatic nitrogens is 2. The fraction of sp³-hybridized carbons (Fsp3) is 0.0217. The van der Waals surface area contributed by atoms with Gasteiger partial charge in [-0.25, -0.2) is 132 Å². The standard InChI is InChI=1S/C46H6B2F33N2/c49-15-9(16(50)28(62)39(73)27(15)61)47(10-17(51)29(63)40(74)30(64)18(10)52,11-19(53)31(65)41(75)32(66)20(11)54)82-5-6-83(45(82)7-1-3-8(4-2-7)46(79,80)81)48(12-21(55)33(67)42(76)34(68)22(12)56,13-23(57)35(69)43(77)36(70)24(13)58)14-25(59)37(71)44(78)38(72)26(14)60/h1-6H/q-1. The summed E-state index contributed by atoms with van der Waals surface area (Å²) in [6.45, 7) is 0. The average Bonchev–Trinajstić information content (AvgIpc) is 3.47. The van der Waals surface area contributed by atoms with Crippen LogP contribution < -0.4 is 37.3 Å². The van der Waals surface area contributed by atoms with Crippen LogP contribution in [0.3, 0.4) is 0 Å². The zero-order chi connectivity index (χ0) is 62.4.